The van der Waals surface area contributed by atoms with Crippen molar-refractivity contribution in [2.24, 2.45) is 5.10 Å². The highest BCUT2D eigenvalue weighted by molar-refractivity contribution is 7.71. The molecule has 0 spiro atoms. The molecule has 1 heterocycles. The van der Waals surface area contributed by atoms with Crippen LogP contribution in [0, 0.1) is 4.77 Å². The van der Waals surface area contributed by atoms with Gasteiger partial charge in [0.05, 0.1) is 20.4 Å². The highest BCUT2D eigenvalue weighted by Crippen LogP contribution is 2.29. The average Bonchev–Trinajstić information content (AvgIpc) is 2.46. The number of H-pyrrole nitrogens is 1. The molecule has 1 N–H and O–H groups in total. The summed E-state index contributed by atoms with van der Waals surface area (Å²) in [7, 11) is 3.07. The van der Waals surface area contributed by atoms with Gasteiger partial charge in [-0.15, -0.1) is 0 Å². The van der Waals surface area contributed by atoms with Crippen molar-refractivity contribution in [1.82, 2.24) is 14.9 Å². The molecule has 1 aromatic carbocycles. The molecule has 0 atom stereocenters. The second kappa shape index (κ2) is 6.11. The number of aromatic nitrogens is 3. The van der Waals surface area contributed by atoms with Crippen LogP contribution in [0.1, 0.15) is 5.56 Å². The molecule has 2 rings (SSSR count). The van der Waals surface area contributed by atoms with Crippen molar-refractivity contribution >= 4 is 18.4 Å². The minimum atomic E-state index is -0.424. The number of nitrogens with zero attached hydrogens (tertiary/aromatic N) is 3. The number of aromatic amines is 1. The summed E-state index contributed by atoms with van der Waals surface area (Å²) in [6.07, 6.45) is 2.56. The van der Waals surface area contributed by atoms with Crippen LogP contribution >= 0.6 is 12.2 Å². The fourth-order valence-corrected chi connectivity index (χ4v) is 1.78. The number of hydrogen-bond acceptors (Lipinski definition) is 6. The van der Waals surface area contributed by atoms with E-state index in [-0.39, 0.29) is 4.77 Å². The molecule has 2 aromatic rings. The number of nitrogens with one attached hydrogen (secondary N) is 1. The standard InChI is InChI=1S/C12H12N4O3S/c1-18-9-5-3-4-8(11(9)19-2)6-14-16-10(17)7-13-15-12(16)20/h3-7H,1-2H3,(H,15,20)/b14-6-. The van der Waals surface area contributed by atoms with Gasteiger partial charge in [-0.2, -0.15) is 14.9 Å². The molecule has 7 nitrogen and oxygen atoms in total. The van der Waals surface area contributed by atoms with Crippen molar-refractivity contribution in [2.75, 3.05) is 14.2 Å². The lowest BCUT2D eigenvalue weighted by atomic mass is 10.2. The lowest BCUT2D eigenvalue weighted by molar-refractivity contribution is 0.354. The molecule has 104 valence electrons. The minimum Gasteiger partial charge on any atom is -0.493 e. The van der Waals surface area contributed by atoms with E-state index in [0.717, 1.165) is 10.9 Å². The Hall–Kier alpha value is -2.48. The van der Waals surface area contributed by atoms with Gasteiger partial charge in [0.15, 0.2) is 11.5 Å². The zero-order valence-corrected chi connectivity index (χ0v) is 11.7. The van der Waals surface area contributed by atoms with E-state index in [0.29, 0.717) is 17.1 Å². The second-order valence-electron chi connectivity index (χ2n) is 3.65. The first-order valence-corrected chi connectivity index (χ1v) is 6.00. The highest BCUT2D eigenvalue weighted by atomic mass is 32.1. The fraction of sp³-hybridized carbons (Fsp3) is 0.167. The molecule has 0 aliphatic carbocycles. The number of ether oxygens (including phenoxy) is 2. The van der Waals surface area contributed by atoms with Crippen LogP contribution in [0.2, 0.25) is 0 Å². The molecule has 0 saturated carbocycles. The zero-order valence-electron chi connectivity index (χ0n) is 10.9. The summed E-state index contributed by atoms with van der Waals surface area (Å²) < 4.78 is 11.6. The molecule has 0 amide bonds. The Balaban J connectivity index is 2.47. The molecule has 1 aromatic heterocycles. The first kappa shape index (κ1) is 13.9. The third kappa shape index (κ3) is 2.75. The van der Waals surface area contributed by atoms with Crippen LogP contribution in [0.15, 0.2) is 34.3 Å². The van der Waals surface area contributed by atoms with Gasteiger partial charge in [-0.3, -0.25) is 9.89 Å². The SMILES string of the molecule is COc1cccc(/C=N\n2c(=O)cn[nH]c2=S)c1OC. The predicted molar refractivity (Wildman–Crippen MR) is 76.2 cm³/mol. The van der Waals surface area contributed by atoms with E-state index in [1.54, 1.807) is 25.3 Å². The molecule has 8 heteroatoms. The third-order valence-electron chi connectivity index (χ3n) is 2.48. The topological polar surface area (TPSA) is 81.5 Å². The second-order valence-corrected chi connectivity index (χ2v) is 4.04. The Morgan fingerprint density at radius 2 is 2.20 bits per heavy atom. The first-order valence-electron chi connectivity index (χ1n) is 5.59. The van der Waals surface area contributed by atoms with Crippen LogP contribution in [-0.4, -0.2) is 35.3 Å². The summed E-state index contributed by atoms with van der Waals surface area (Å²) in [6, 6.07) is 5.34. The van der Waals surface area contributed by atoms with Crippen molar-refractivity contribution in [3.05, 3.63) is 45.1 Å². The third-order valence-corrected chi connectivity index (χ3v) is 2.75. The van der Waals surface area contributed by atoms with Gasteiger partial charge in [-0.05, 0) is 24.4 Å². The lowest BCUT2D eigenvalue weighted by Gasteiger charge is -2.09. The van der Waals surface area contributed by atoms with E-state index < -0.39 is 5.56 Å². The van der Waals surface area contributed by atoms with Gasteiger partial charge in [-0.1, -0.05) is 6.07 Å². The van der Waals surface area contributed by atoms with Crippen molar-refractivity contribution in [2.45, 2.75) is 0 Å². The largest absolute Gasteiger partial charge is 0.493 e. The van der Waals surface area contributed by atoms with Gasteiger partial charge < -0.3 is 9.47 Å². The lowest BCUT2D eigenvalue weighted by Crippen LogP contribution is -2.18. The quantitative estimate of drug-likeness (QED) is 0.676. The van der Waals surface area contributed by atoms with Crippen LogP contribution < -0.4 is 15.0 Å². The van der Waals surface area contributed by atoms with Crippen LogP contribution in [-0.2, 0) is 0 Å². The summed E-state index contributed by atoms with van der Waals surface area (Å²) in [5.41, 5.74) is 0.233. The molecule has 0 aliphatic rings. The highest BCUT2D eigenvalue weighted by Gasteiger charge is 2.07. The van der Waals surface area contributed by atoms with E-state index in [1.165, 1.54) is 13.3 Å². The maximum Gasteiger partial charge on any atom is 0.293 e. The van der Waals surface area contributed by atoms with Gasteiger partial charge in [0.2, 0.25) is 4.77 Å². The molecular formula is C12H12N4O3S. The zero-order chi connectivity index (χ0) is 14.5. The van der Waals surface area contributed by atoms with Crippen LogP contribution in [0.5, 0.6) is 11.5 Å². The number of rotatable bonds is 4. The predicted octanol–water partition coefficient (Wildman–Crippen LogP) is 1.20. The van der Waals surface area contributed by atoms with Gasteiger partial charge in [0, 0.05) is 5.56 Å². The number of para-hydroxylation sites is 1. The van der Waals surface area contributed by atoms with E-state index in [9.17, 15) is 4.79 Å². The monoisotopic (exact) mass is 292 g/mol. The van der Waals surface area contributed by atoms with Gasteiger partial charge in [-0.25, -0.2) is 0 Å². The van der Waals surface area contributed by atoms with Gasteiger partial charge in [0.25, 0.3) is 5.56 Å². The Bertz CT molecular complexity index is 723. The molecule has 0 unspecified atom stereocenters. The Labute approximate surface area is 119 Å². The van der Waals surface area contributed by atoms with E-state index in [4.69, 9.17) is 21.7 Å². The maximum atomic E-state index is 11.6. The Morgan fingerprint density at radius 3 is 2.85 bits per heavy atom. The van der Waals surface area contributed by atoms with Gasteiger partial charge >= 0.3 is 0 Å². The van der Waals surface area contributed by atoms with E-state index in [2.05, 4.69) is 15.3 Å². The van der Waals surface area contributed by atoms with Crippen molar-refractivity contribution in [3.8, 4) is 11.5 Å². The Morgan fingerprint density at radius 1 is 1.40 bits per heavy atom. The van der Waals surface area contributed by atoms with Crippen LogP contribution in [0.3, 0.4) is 0 Å². The molecule has 0 saturated heterocycles. The fourth-order valence-electron chi connectivity index (χ4n) is 1.59. The number of benzene rings is 1. The normalized spacial score (nSPS) is 10.7. The molecule has 0 aliphatic heterocycles. The van der Waals surface area contributed by atoms with Crippen molar-refractivity contribution < 1.29 is 9.47 Å². The molecular weight excluding hydrogens is 280 g/mol. The summed E-state index contributed by atoms with van der Waals surface area (Å²) in [5.74, 6) is 1.10. The average molecular weight is 292 g/mol. The summed E-state index contributed by atoms with van der Waals surface area (Å²) in [4.78, 5) is 11.6. The number of methoxy groups -OCH3 is 2. The number of hydrogen-bond donors (Lipinski definition) is 1. The minimum absolute atomic E-state index is 0.107. The van der Waals surface area contributed by atoms with Crippen molar-refractivity contribution in [1.29, 1.82) is 0 Å². The summed E-state index contributed by atoms with van der Waals surface area (Å²) in [6.45, 7) is 0. The molecule has 0 fully saturated rings. The smallest absolute Gasteiger partial charge is 0.293 e. The first-order chi connectivity index (χ1) is 9.67. The Kier molecular flexibility index (Phi) is 4.26. The summed E-state index contributed by atoms with van der Waals surface area (Å²) >= 11 is 4.94. The van der Waals surface area contributed by atoms with Crippen LogP contribution in [0.4, 0.5) is 0 Å². The van der Waals surface area contributed by atoms with E-state index >= 15 is 0 Å². The van der Waals surface area contributed by atoms with Crippen molar-refractivity contribution in [3.63, 3.8) is 0 Å². The van der Waals surface area contributed by atoms with E-state index in [1.807, 2.05) is 0 Å². The van der Waals surface area contributed by atoms with Crippen LogP contribution in [0.25, 0.3) is 0 Å². The molecule has 0 radical (unpaired) electrons. The maximum absolute atomic E-state index is 11.6. The molecule has 20 heavy (non-hydrogen) atoms. The summed E-state index contributed by atoms with van der Waals surface area (Å²) in [5, 5.41) is 10.1. The van der Waals surface area contributed by atoms with Gasteiger partial charge in [0.1, 0.15) is 6.20 Å². The molecule has 0 bridgehead atoms.